The van der Waals surface area contributed by atoms with Gasteiger partial charge in [-0.1, -0.05) is 250 Å². The van der Waals surface area contributed by atoms with Crippen molar-refractivity contribution in [1.82, 2.24) is 5.32 Å². The molecular weight excluding hydrogens is 931 g/mol. The molecule has 8 atom stereocenters. The average Bonchev–Trinajstić information content (AvgIpc) is 3.40. The summed E-state index contributed by atoms with van der Waals surface area (Å²) >= 11 is 0. The van der Waals surface area contributed by atoms with Gasteiger partial charge in [0.05, 0.1) is 25.4 Å². The average molecular weight is 1050 g/mol. The zero-order valence-corrected chi connectivity index (χ0v) is 48.0. The Balaban J connectivity index is 2.59. The molecule has 11 heteroatoms. The summed E-state index contributed by atoms with van der Waals surface area (Å²) in [5.74, 6) is -1.20. The Labute approximate surface area is 453 Å². The third-order valence-electron chi connectivity index (χ3n) is 14.8. The quantitative estimate of drug-likeness (QED) is 0.0195. The largest absolute Gasteiger partial charge is 0.454 e. The molecule has 0 radical (unpaired) electrons. The van der Waals surface area contributed by atoms with Crippen LogP contribution in [0.3, 0.4) is 0 Å². The summed E-state index contributed by atoms with van der Waals surface area (Å²) in [6.45, 7) is 5.74. The van der Waals surface area contributed by atoms with Gasteiger partial charge in [0.15, 0.2) is 12.4 Å². The van der Waals surface area contributed by atoms with Crippen LogP contribution in [0.15, 0.2) is 36.5 Å². The fourth-order valence-electron chi connectivity index (χ4n) is 9.75. The van der Waals surface area contributed by atoms with Crippen LogP contribution in [0.25, 0.3) is 0 Å². The van der Waals surface area contributed by atoms with Gasteiger partial charge in [-0.15, -0.1) is 0 Å². The molecule has 6 N–H and O–H groups in total. The number of carbonyl (C=O) groups is 2. The summed E-state index contributed by atoms with van der Waals surface area (Å²) in [6.07, 6.45) is 50.6. The molecular formula is C63H117NO10. The van der Waals surface area contributed by atoms with E-state index in [4.69, 9.17) is 14.2 Å². The fourth-order valence-corrected chi connectivity index (χ4v) is 9.75. The van der Waals surface area contributed by atoms with Crippen LogP contribution >= 0.6 is 0 Å². The molecule has 0 spiro atoms. The molecule has 8 unspecified atom stereocenters. The summed E-state index contributed by atoms with van der Waals surface area (Å²) in [6, 6.07) is -1.02. The van der Waals surface area contributed by atoms with Crippen molar-refractivity contribution in [2.75, 3.05) is 13.2 Å². The Bertz CT molecular complexity index is 1340. The summed E-state index contributed by atoms with van der Waals surface area (Å²) in [5, 5.41) is 56.8. The van der Waals surface area contributed by atoms with Crippen LogP contribution in [0.2, 0.25) is 0 Å². The van der Waals surface area contributed by atoms with Gasteiger partial charge in [0.2, 0.25) is 5.91 Å². The number of unbranched alkanes of at least 4 members (excludes halogenated alkanes) is 35. The molecule has 1 aliphatic heterocycles. The molecule has 11 nitrogen and oxygen atoms in total. The minimum atomic E-state index is -1.61. The fraction of sp³-hybridized carbons (Fsp3) is 0.873. The molecule has 74 heavy (non-hydrogen) atoms. The van der Waals surface area contributed by atoms with Gasteiger partial charge in [0.1, 0.15) is 24.4 Å². The monoisotopic (exact) mass is 1050 g/mol. The second kappa shape index (κ2) is 51.6. The predicted molar refractivity (Wildman–Crippen MR) is 306 cm³/mol. The van der Waals surface area contributed by atoms with E-state index in [2.05, 4.69) is 50.4 Å². The number of aliphatic hydroxyl groups is 5. The van der Waals surface area contributed by atoms with Crippen molar-refractivity contribution in [3.05, 3.63) is 36.5 Å². The van der Waals surface area contributed by atoms with Crippen molar-refractivity contribution >= 4 is 11.9 Å². The molecule has 1 saturated heterocycles. The maximum absolute atomic E-state index is 13.3. The van der Waals surface area contributed by atoms with Crippen molar-refractivity contribution in [2.45, 2.75) is 339 Å². The highest BCUT2D eigenvalue weighted by molar-refractivity contribution is 5.80. The molecule has 1 amide bonds. The number of esters is 1. The van der Waals surface area contributed by atoms with Crippen LogP contribution in [0.4, 0.5) is 0 Å². The minimum Gasteiger partial charge on any atom is -0.454 e. The number of hydrogen-bond acceptors (Lipinski definition) is 10. The van der Waals surface area contributed by atoms with E-state index in [1.54, 1.807) is 6.08 Å². The van der Waals surface area contributed by atoms with E-state index in [9.17, 15) is 35.1 Å². The Morgan fingerprint density at radius 1 is 0.514 bits per heavy atom. The second-order valence-corrected chi connectivity index (χ2v) is 21.8. The Morgan fingerprint density at radius 3 is 1.35 bits per heavy atom. The Hall–Kier alpha value is -2.12. The number of hydrogen-bond donors (Lipinski definition) is 6. The number of amides is 1. The molecule has 1 fully saturated rings. The van der Waals surface area contributed by atoms with Gasteiger partial charge in [-0.05, 0) is 70.6 Å². The highest BCUT2D eigenvalue weighted by Gasteiger charge is 2.47. The zero-order chi connectivity index (χ0) is 54.0. The number of nitrogens with one attached hydrogen (secondary N) is 1. The first-order chi connectivity index (χ1) is 36.2. The molecule has 1 aliphatic rings. The first kappa shape index (κ1) is 69.9. The third-order valence-corrected chi connectivity index (χ3v) is 14.8. The van der Waals surface area contributed by atoms with Crippen LogP contribution in [-0.4, -0.2) is 99.6 Å². The minimum absolute atomic E-state index is 0.125. The van der Waals surface area contributed by atoms with Crippen LogP contribution in [0.1, 0.15) is 290 Å². The SMILES string of the molecule is CCCC/C=C\CCCCCCC(O)C(=O)NC(COC1OC(CO)C(O)C(O)C1OC(=O)CCCCCCCCCCCCCCC/C=C/CCCCCCCC)C(O)/C=C/CCCCCCCCCCCC. The number of ether oxygens (including phenoxy) is 3. The lowest BCUT2D eigenvalue weighted by molar-refractivity contribution is -0.305. The van der Waals surface area contributed by atoms with Gasteiger partial charge in [0, 0.05) is 6.42 Å². The molecule has 0 saturated carbocycles. The van der Waals surface area contributed by atoms with E-state index in [0.29, 0.717) is 12.8 Å². The van der Waals surface area contributed by atoms with Crippen LogP contribution in [0, 0.1) is 0 Å². The molecule has 1 rings (SSSR count). The van der Waals surface area contributed by atoms with E-state index in [0.717, 1.165) is 70.6 Å². The lowest BCUT2D eigenvalue weighted by atomic mass is 9.99. The first-order valence-electron chi connectivity index (χ1n) is 31.3. The summed E-state index contributed by atoms with van der Waals surface area (Å²) in [4.78, 5) is 26.5. The number of rotatable bonds is 53. The topological polar surface area (TPSA) is 175 Å². The van der Waals surface area contributed by atoms with Crippen molar-refractivity contribution < 1.29 is 49.3 Å². The highest BCUT2D eigenvalue weighted by atomic mass is 16.7. The van der Waals surface area contributed by atoms with Crippen LogP contribution < -0.4 is 5.32 Å². The molecule has 0 aromatic heterocycles. The predicted octanol–water partition coefficient (Wildman–Crippen LogP) is 14.7. The number of carbonyl (C=O) groups excluding carboxylic acids is 2. The first-order valence-corrected chi connectivity index (χ1v) is 31.3. The molecule has 0 bridgehead atoms. The maximum atomic E-state index is 13.3. The lowest BCUT2D eigenvalue weighted by Gasteiger charge is -2.41. The number of aliphatic hydroxyl groups excluding tert-OH is 5. The van der Waals surface area contributed by atoms with Gasteiger partial charge in [0.25, 0.3) is 0 Å². The molecule has 0 aromatic carbocycles. The van der Waals surface area contributed by atoms with Crippen molar-refractivity contribution in [2.24, 2.45) is 0 Å². The van der Waals surface area contributed by atoms with E-state index in [-0.39, 0.29) is 19.4 Å². The third kappa shape index (κ3) is 39.3. The standard InChI is InChI=1S/C63H117NO10/c1-4-7-10-13-16-19-22-24-25-26-27-28-29-30-31-32-33-34-36-39-42-45-48-51-58(68)74-61-60(70)59(69)57(52-65)73-63(61)72-53-54(55(66)49-46-43-40-38-35-23-20-17-14-11-8-5-2)64-62(71)56(67)50-47-44-41-37-21-18-15-12-9-6-3/h15,18,24-25,46,49,54-57,59-61,63,65-67,69-70H,4-14,16-17,19-23,26-45,47-48,50-53H2,1-3H3,(H,64,71)/b18-15-,25-24+,49-46+. The van der Waals surface area contributed by atoms with Crippen LogP contribution in [0.5, 0.6) is 0 Å². The van der Waals surface area contributed by atoms with E-state index in [1.165, 1.54) is 173 Å². The summed E-state index contributed by atoms with van der Waals surface area (Å²) < 4.78 is 17.6. The maximum Gasteiger partial charge on any atom is 0.306 e. The van der Waals surface area contributed by atoms with Gasteiger partial charge in [-0.2, -0.15) is 0 Å². The molecule has 1 heterocycles. The van der Waals surface area contributed by atoms with Gasteiger partial charge in [-0.25, -0.2) is 0 Å². The summed E-state index contributed by atoms with van der Waals surface area (Å²) in [7, 11) is 0. The van der Waals surface area contributed by atoms with Crippen molar-refractivity contribution in [3.8, 4) is 0 Å². The molecule has 0 aromatic rings. The van der Waals surface area contributed by atoms with E-state index < -0.39 is 67.4 Å². The second-order valence-electron chi connectivity index (χ2n) is 21.8. The van der Waals surface area contributed by atoms with Crippen molar-refractivity contribution in [1.29, 1.82) is 0 Å². The summed E-state index contributed by atoms with van der Waals surface area (Å²) in [5.41, 5.74) is 0. The lowest BCUT2D eigenvalue weighted by Crippen LogP contribution is -2.61. The smallest absolute Gasteiger partial charge is 0.306 e. The van der Waals surface area contributed by atoms with Gasteiger partial charge >= 0.3 is 5.97 Å². The molecule has 0 aliphatic carbocycles. The number of allylic oxidation sites excluding steroid dienone is 5. The van der Waals surface area contributed by atoms with Crippen molar-refractivity contribution in [3.63, 3.8) is 0 Å². The van der Waals surface area contributed by atoms with Gasteiger partial charge in [-0.3, -0.25) is 9.59 Å². The molecule has 434 valence electrons. The normalized spacial score (nSPS) is 19.5. The highest BCUT2D eigenvalue weighted by Crippen LogP contribution is 2.26. The zero-order valence-electron chi connectivity index (χ0n) is 48.0. The van der Waals surface area contributed by atoms with Gasteiger partial charge < -0.3 is 45.1 Å². The van der Waals surface area contributed by atoms with Crippen LogP contribution in [-0.2, 0) is 23.8 Å². The van der Waals surface area contributed by atoms with E-state index in [1.807, 2.05) is 6.08 Å². The van der Waals surface area contributed by atoms with E-state index >= 15 is 0 Å². The Kier molecular flexibility index (Phi) is 48.8. The Morgan fingerprint density at radius 2 is 0.905 bits per heavy atom.